The molecule has 2 atom stereocenters. The van der Waals surface area contributed by atoms with E-state index in [1.807, 2.05) is 11.0 Å². The Morgan fingerprint density at radius 3 is 3.05 bits per heavy atom. The molecule has 0 spiro atoms. The summed E-state index contributed by atoms with van der Waals surface area (Å²) in [6.07, 6.45) is 1.88. The fourth-order valence-electron chi connectivity index (χ4n) is 3.05. The van der Waals surface area contributed by atoms with E-state index in [1.165, 1.54) is 4.88 Å². The maximum atomic E-state index is 12.2. The minimum Gasteiger partial charge on any atom is -0.375 e. The summed E-state index contributed by atoms with van der Waals surface area (Å²) in [5, 5.41) is 5.39. The van der Waals surface area contributed by atoms with Gasteiger partial charge in [-0.1, -0.05) is 6.07 Å². The van der Waals surface area contributed by atoms with Crippen molar-refractivity contribution in [3.8, 4) is 0 Å². The lowest BCUT2D eigenvalue weighted by Gasteiger charge is -2.41. The summed E-state index contributed by atoms with van der Waals surface area (Å²) in [6.45, 7) is 5.39. The van der Waals surface area contributed by atoms with E-state index in [2.05, 4.69) is 30.6 Å². The lowest BCUT2D eigenvalue weighted by molar-refractivity contribution is -0.137. The quantitative estimate of drug-likeness (QED) is 0.902. The van der Waals surface area contributed by atoms with Gasteiger partial charge in [-0.25, -0.2) is 0 Å². The summed E-state index contributed by atoms with van der Waals surface area (Å²) >= 11 is 1.70. The molecule has 1 aromatic rings. The second-order valence-corrected chi connectivity index (χ2v) is 6.83. The molecule has 0 radical (unpaired) electrons. The first-order valence-electron chi connectivity index (χ1n) is 6.79. The van der Waals surface area contributed by atoms with Crippen molar-refractivity contribution in [1.29, 1.82) is 0 Å². The van der Waals surface area contributed by atoms with Crippen LogP contribution in [0.2, 0.25) is 0 Å². The molecule has 3 heterocycles. The number of nitrogens with zero attached hydrogens (tertiary/aromatic N) is 1. The molecule has 1 N–H and O–H groups in total. The van der Waals surface area contributed by atoms with Crippen molar-refractivity contribution < 1.29 is 9.53 Å². The third kappa shape index (κ3) is 2.55. The molecule has 2 saturated heterocycles. The van der Waals surface area contributed by atoms with E-state index in [0.29, 0.717) is 6.54 Å². The highest BCUT2D eigenvalue weighted by atomic mass is 32.1. The number of thiophene rings is 1. The van der Waals surface area contributed by atoms with Crippen LogP contribution in [0.25, 0.3) is 0 Å². The average molecular weight is 280 g/mol. The number of amides is 1. The number of hydrogen-bond donors (Lipinski definition) is 1. The van der Waals surface area contributed by atoms with Gasteiger partial charge in [-0.15, -0.1) is 11.3 Å². The zero-order chi connectivity index (χ0) is 13.5. The van der Waals surface area contributed by atoms with Gasteiger partial charge >= 0.3 is 0 Å². The predicted octanol–water partition coefficient (Wildman–Crippen LogP) is 2.14. The Morgan fingerprint density at radius 1 is 1.53 bits per heavy atom. The monoisotopic (exact) mass is 280 g/mol. The van der Waals surface area contributed by atoms with E-state index in [9.17, 15) is 4.79 Å². The third-order valence-electron chi connectivity index (χ3n) is 3.89. The van der Waals surface area contributed by atoms with Gasteiger partial charge in [0.1, 0.15) is 6.17 Å². The van der Waals surface area contributed by atoms with Crippen molar-refractivity contribution >= 4 is 17.2 Å². The molecule has 4 nitrogen and oxygen atoms in total. The normalized spacial score (nSPS) is 30.8. The fraction of sp³-hybridized carbons (Fsp3) is 0.643. The van der Waals surface area contributed by atoms with E-state index in [-0.39, 0.29) is 23.7 Å². The highest BCUT2D eigenvalue weighted by molar-refractivity contribution is 7.10. The highest BCUT2D eigenvalue weighted by Gasteiger charge is 2.41. The lowest BCUT2D eigenvalue weighted by atomic mass is 9.92. The van der Waals surface area contributed by atoms with Crippen molar-refractivity contribution in [1.82, 2.24) is 10.2 Å². The van der Waals surface area contributed by atoms with Crippen molar-refractivity contribution in [2.45, 2.75) is 44.5 Å². The Bertz CT molecular complexity index is 458. The average Bonchev–Trinajstić information content (AvgIpc) is 2.96. The minimum atomic E-state index is -0.133. The Morgan fingerprint density at radius 2 is 2.37 bits per heavy atom. The number of nitrogens with one attached hydrogen (secondary N) is 1. The molecule has 1 aromatic heterocycles. The summed E-state index contributed by atoms with van der Waals surface area (Å²) in [4.78, 5) is 15.5. The van der Waals surface area contributed by atoms with E-state index in [4.69, 9.17) is 4.74 Å². The van der Waals surface area contributed by atoms with Crippen LogP contribution >= 0.6 is 11.3 Å². The van der Waals surface area contributed by atoms with Gasteiger partial charge in [-0.2, -0.15) is 0 Å². The van der Waals surface area contributed by atoms with Crippen LogP contribution in [0.5, 0.6) is 0 Å². The maximum absolute atomic E-state index is 12.2. The molecule has 1 amide bonds. The molecule has 2 aliphatic heterocycles. The van der Waals surface area contributed by atoms with Crippen LogP contribution < -0.4 is 5.32 Å². The van der Waals surface area contributed by atoms with Crippen LogP contribution in [0, 0.1) is 0 Å². The summed E-state index contributed by atoms with van der Waals surface area (Å²) in [6, 6.07) is 4.41. The van der Waals surface area contributed by atoms with Gasteiger partial charge in [0.15, 0.2) is 0 Å². The molecule has 0 aromatic carbocycles. The van der Waals surface area contributed by atoms with Crippen molar-refractivity contribution in [3.05, 3.63) is 22.4 Å². The van der Waals surface area contributed by atoms with Crippen LogP contribution in [0.4, 0.5) is 0 Å². The SMILES string of the molecule is CC1(C)CC(N2C(=O)CNC2c2cccs2)CCO1. The summed E-state index contributed by atoms with van der Waals surface area (Å²) in [7, 11) is 0. The molecule has 3 rings (SSSR count). The molecule has 0 aliphatic carbocycles. The van der Waals surface area contributed by atoms with Crippen LogP contribution in [0.15, 0.2) is 17.5 Å². The summed E-state index contributed by atoms with van der Waals surface area (Å²) in [5.41, 5.74) is -0.133. The third-order valence-corrected chi connectivity index (χ3v) is 4.81. The largest absolute Gasteiger partial charge is 0.375 e. The van der Waals surface area contributed by atoms with Crippen LogP contribution in [0.1, 0.15) is 37.7 Å². The smallest absolute Gasteiger partial charge is 0.238 e. The Hall–Kier alpha value is -0.910. The van der Waals surface area contributed by atoms with Crippen molar-refractivity contribution in [2.75, 3.05) is 13.2 Å². The minimum absolute atomic E-state index is 0.0476. The second kappa shape index (κ2) is 4.89. The summed E-state index contributed by atoms with van der Waals surface area (Å²) < 4.78 is 5.76. The Labute approximate surface area is 117 Å². The first-order valence-corrected chi connectivity index (χ1v) is 7.67. The van der Waals surface area contributed by atoms with Gasteiger partial charge in [-0.05, 0) is 38.1 Å². The predicted molar refractivity (Wildman–Crippen MR) is 75.0 cm³/mol. The maximum Gasteiger partial charge on any atom is 0.238 e. The van der Waals surface area contributed by atoms with E-state index in [1.54, 1.807) is 11.3 Å². The van der Waals surface area contributed by atoms with E-state index in [0.717, 1.165) is 19.4 Å². The molecular weight excluding hydrogens is 260 g/mol. The Kier molecular flexibility index (Phi) is 3.37. The number of hydrogen-bond acceptors (Lipinski definition) is 4. The fourth-order valence-corrected chi connectivity index (χ4v) is 3.85. The second-order valence-electron chi connectivity index (χ2n) is 5.85. The number of carbonyl (C=O) groups excluding carboxylic acids is 1. The van der Waals surface area contributed by atoms with Crippen LogP contribution in [-0.4, -0.2) is 35.6 Å². The van der Waals surface area contributed by atoms with Crippen molar-refractivity contribution in [2.24, 2.45) is 0 Å². The van der Waals surface area contributed by atoms with Gasteiger partial charge in [0, 0.05) is 17.5 Å². The van der Waals surface area contributed by atoms with Crippen LogP contribution in [0.3, 0.4) is 0 Å². The van der Waals surface area contributed by atoms with Crippen LogP contribution in [-0.2, 0) is 9.53 Å². The molecule has 19 heavy (non-hydrogen) atoms. The zero-order valence-corrected chi connectivity index (χ0v) is 12.2. The van der Waals surface area contributed by atoms with E-state index >= 15 is 0 Å². The Balaban J connectivity index is 1.82. The first kappa shape index (κ1) is 13.1. The van der Waals surface area contributed by atoms with Gasteiger partial charge in [0.2, 0.25) is 5.91 Å². The van der Waals surface area contributed by atoms with Gasteiger partial charge in [0.25, 0.3) is 0 Å². The summed E-state index contributed by atoms with van der Waals surface area (Å²) in [5.74, 6) is 0.209. The molecule has 2 fully saturated rings. The number of rotatable bonds is 2. The molecule has 0 saturated carbocycles. The number of carbonyl (C=O) groups is 1. The molecular formula is C14H20N2O2S. The highest BCUT2D eigenvalue weighted by Crippen LogP contribution is 2.34. The standard InChI is InChI=1S/C14H20N2O2S/c1-14(2)8-10(5-6-18-14)16-12(17)9-15-13(16)11-4-3-7-19-11/h3-4,7,10,13,15H,5-6,8-9H2,1-2H3. The van der Waals surface area contributed by atoms with Crippen molar-refractivity contribution in [3.63, 3.8) is 0 Å². The molecule has 2 unspecified atom stereocenters. The number of ether oxygens (including phenoxy) is 1. The molecule has 104 valence electrons. The first-order chi connectivity index (χ1) is 9.07. The zero-order valence-electron chi connectivity index (χ0n) is 11.4. The van der Waals surface area contributed by atoms with Gasteiger partial charge in [-0.3, -0.25) is 10.1 Å². The topological polar surface area (TPSA) is 41.6 Å². The van der Waals surface area contributed by atoms with Gasteiger partial charge in [0.05, 0.1) is 12.1 Å². The van der Waals surface area contributed by atoms with Gasteiger partial charge < -0.3 is 9.64 Å². The molecule has 5 heteroatoms. The molecule has 0 bridgehead atoms. The van der Waals surface area contributed by atoms with E-state index < -0.39 is 0 Å². The molecule has 2 aliphatic rings. The lowest BCUT2D eigenvalue weighted by Crippen LogP contribution is -2.48.